The smallest absolute Gasteiger partial charge is 0.137 e. The van der Waals surface area contributed by atoms with E-state index in [0.29, 0.717) is 0 Å². The molecule has 0 fully saturated rings. The average Bonchev–Trinajstić information content (AvgIpc) is 3.65. The van der Waals surface area contributed by atoms with Crippen LogP contribution in [-0.4, -0.2) is 9.13 Å². The van der Waals surface area contributed by atoms with Crippen LogP contribution in [0.4, 0.5) is 0 Å². The molecule has 0 spiro atoms. The highest BCUT2D eigenvalue weighted by atomic mass is 16.3. The van der Waals surface area contributed by atoms with E-state index >= 15 is 0 Å². The lowest BCUT2D eigenvalue weighted by molar-refractivity contribution is 0.669. The molecule has 3 heteroatoms. The Morgan fingerprint density at radius 3 is 1.80 bits per heavy atom. The monoisotopic (exact) mass is 512 g/mol. The molecule has 0 atom stereocenters. The van der Waals surface area contributed by atoms with Gasteiger partial charge in [-0.25, -0.2) is 0 Å². The fraction of sp³-hybridized carbons (Fsp3) is 0.0270. The van der Waals surface area contributed by atoms with Crippen LogP contribution in [0.1, 0.15) is 5.56 Å². The molecule has 188 valence electrons. The van der Waals surface area contributed by atoms with Crippen LogP contribution in [0, 0.1) is 6.92 Å². The fourth-order valence-corrected chi connectivity index (χ4v) is 6.76. The molecule has 0 saturated carbocycles. The lowest BCUT2D eigenvalue weighted by atomic mass is 10.1. The summed E-state index contributed by atoms with van der Waals surface area (Å²) in [7, 11) is 0. The van der Waals surface area contributed by atoms with Crippen molar-refractivity contribution in [2.24, 2.45) is 0 Å². The second-order valence-electron chi connectivity index (χ2n) is 10.6. The van der Waals surface area contributed by atoms with E-state index in [2.05, 4.69) is 143 Å². The van der Waals surface area contributed by atoms with Gasteiger partial charge in [-0.1, -0.05) is 78.9 Å². The molecular formula is C37H24N2O. The number of aryl methyl sites for hydroxylation is 1. The molecule has 3 aromatic heterocycles. The number of fused-ring (bicyclic) bond motifs is 9. The number of para-hydroxylation sites is 4. The molecule has 0 N–H and O–H groups in total. The van der Waals surface area contributed by atoms with Gasteiger partial charge in [0.2, 0.25) is 0 Å². The van der Waals surface area contributed by atoms with Gasteiger partial charge in [0.1, 0.15) is 11.2 Å². The Labute approximate surface area is 230 Å². The lowest BCUT2D eigenvalue weighted by Gasteiger charge is -2.12. The third kappa shape index (κ3) is 2.79. The molecule has 0 bridgehead atoms. The number of hydrogen-bond donors (Lipinski definition) is 0. The molecule has 0 aliphatic rings. The molecule has 9 rings (SSSR count). The summed E-state index contributed by atoms with van der Waals surface area (Å²) in [5.74, 6) is 0. The van der Waals surface area contributed by atoms with Crippen LogP contribution in [0.3, 0.4) is 0 Å². The van der Waals surface area contributed by atoms with Crippen LogP contribution in [0.5, 0.6) is 0 Å². The first-order valence-electron chi connectivity index (χ1n) is 13.7. The number of nitrogens with zero attached hydrogens (tertiary/aromatic N) is 2. The van der Waals surface area contributed by atoms with Crippen LogP contribution < -0.4 is 0 Å². The predicted molar refractivity (Wildman–Crippen MR) is 167 cm³/mol. The van der Waals surface area contributed by atoms with Crippen LogP contribution in [0.25, 0.3) is 76.9 Å². The minimum atomic E-state index is 0.893. The van der Waals surface area contributed by atoms with Crippen molar-refractivity contribution >= 4 is 65.6 Å². The van der Waals surface area contributed by atoms with Gasteiger partial charge >= 0.3 is 0 Å². The number of benzene rings is 6. The van der Waals surface area contributed by atoms with Gasteiger partial charge < -0.3 is 13.6 Å². The molecule has 0 amide bonds. The Balaban J connectivity index is 1.41. The van der Waals surface area contributed by atoms with Crippen molar-refractivity contribution in [3.8, 4) is 11.4 Å². The Hall–Kier alpha value is -5.28. The maximum atomic E-state index is 6.47. The summed E-state index contributed by atoms with van der Waals surface area (Å²) < 4.78 is 11.3. The van der Waals surface area contributed by atoms with Gasteiger partial charge in [-0.15, -0.1) is 0 Å². The first-order chi connectivity index (χ1) is 19.8. The van der Waals surface area contributed by atoms with Crippen molar-refractivity contribution in [1.82, 2.24) is 9.13 Å². The summed E-state index contributed by atoms with van der Waals surface area (Å²) in [5, 5.41) is 7.30. The third-order valence-electron chi connectivity index (χ3n) is 8.43. The van der Waals surface area contributed by atoms with Crippen molar-refractivity contribution in [2.45, 2.75) is 6.92 Å². The van der Waals surface area contributed by atoms with Gasteiger partial charge in [0, 0.05) is 32.6 Å². The van der Waals surface area contributed by atoms with Gasteiger partial charge in [-0.2, -0.15) is 0 Å². The van der Waals surface area contributed by atoms with Crippen LogP contribution in [0.2, 0.25) is 0 Å². The summed E-state index contributed by atoms with van der Waals surface area (Å²) >= 11 is 0. The lowest BCUT2D eigenvalue weighted by Crippen LogP contribution is -1.96. The Morgan fingerprint density at radius 2 is 1.07 bits per heavy atom. The fourth-order valence-electron chi connectivity index (χ4n) is 6.76. The van der Waals surface area contributed by atoms with E-state index in [0.717, 1.165) is 33.3 Å². The molecule has 3 heterocycles. The van der Waals surface area contributed by atoms with E-state index in [-0.39, 0.29) is 0 Å². The molecule has 0 saturated heterocycles. The second-order valence-corrected chi connectivity index (χ2v) is 10.6. The van der Waals surface area contributed by atoms with E-state index in [1.807, 2.05) is 0 Å². The summed E-state index contributed by atoms with van der Waals surface area (Å²) in [5.41, 5.74) is 10.1. The van der Waals surface area contributed by atoms with Crippen molar-refractivity contribution < 1.29 is 4.42 Å². The number of rotatable bonds is 2. The summed E-state index contributed by atoms with van der Waals surface area (Å²) in [6.07, 6.45) is 0. The largest absolute Gasteiger partial charge is 0.456 e. The summed E-state index contributed by atoms with van der Waals surface area (Å²) in [6, 6.07) is 45.6. The first kappa shape index (κ1) is 21.6. The van der Waals surface area contributed by atoms with Crippen molar-refractivity contribution in [3.63, 3.8) is 0 Å². The molecular weight excluding hydrogens is 488 g/mol. The van der Waals surface area contributed by atoms with Crippen LogP contribution >= 0.6 is 0 Å². The summed E-state index contributed by atoms with van der Waals surface area (Å²) in [6.45, 7) is 2.20. The van der Waals surface area contributed by atoms with E-state index < -0.39 is 0 Å². The normalized spacial score (nSPS) is 12.1. The molecule has 3 nitrogen and oxygen atoms in total. The van der Waals surface area contributed by atoms with Crippen molar-refractivity contribution in [2.75, 3.05) is 0 Å². The minimum Gasteiger partial charge on any atom is -0.456 e. The zero-order chi connectivity index (χ0) is 26.4. The van der Waals surface area contributed by atoms with E-state index in [9.17, 15) is 0 Å². The molecule has 6 aromatic carbocycles. The van der Waals surface area contributed by atoms with Gasteiger partial charge in [-0.3, -0.25) is 0 Å². The van der Waals surface area contributed by atoms with Crippen molar-refractivity contribution in [3.05, 3.63) is 133 Å². The SMILES string of the molecule is Cc1cccc2c3ccccc3n(-c3cccc4oc5ccc(-n6c7ccccc7c7ccccc76)cc5c34)c12. The number of aromatic nitrogens is 2. The maximum Gasteiger partial charge on any atom is 0.137 e. The first-order valence-corrected chi connectivity index (χ1v) is 13.7. The summed E-state index contributed by atoms with van der Waals surface area (Å²) in [4.78, 5) is 0. The Bertz CT molecular complexity index is 2400. The molecule has 9 aromatic rings. The number of furan rings is 1. The maximum absolute atomic E-state index is 6.47. The van der Waals surface area contributed by atoms with Crippen molar-refractivity contribution in [1.29, 1.82) is 0 Å². The zero-order valence-corrected chi connectivity index (χ0v) is 21.9. The topological polar surface area (TPSA) is 23.0 Å². The van der Waals surface area contributed by atoms with Crippen LogP contribution in [-0.2, 0) is 0 Å². The highest BCUT2D eigenvalue weighted by Crippen LogP contribution is 2.40. The standard InChI is InChI=1S/C37H24N2O/c1-23-10-8-14-28-27-13-4-7-17-32(27)39(37(23)28)33-18-9-19-35-36(33)29-22-24(20-21-34(29)40-35)38-30-15-5-2-11-25(30)26-12-3-6-16-31(26)38/h2-22H,1H3. The van der Waals surface area contributed by atoms with E-state index in [4.69, 9.17) is 4.42 Å². The molecule has 0 aliphatic heterocycles. The average molecular weight is 513 g/mol. The second kappa shape index (κ2) is 7.87. The molecule has 40 heavy (non-hydrogen) atoms. The van der Waals surface area contributed by atoms with Gasteiger partial charge in [0.25, 0.3) is 0 Å². The Kier molecular flexibility index (Phi) is 4.26. The van der Waals surface area contributed by atoms with Gasteiger partial charge in [0.15, 0.2) is 0 Å². The molecule has 0 aliphatic carbocycles. The zero-order valence-electron chi connectivity index (χ0n) is 21.9. The van der Waals surface area contributed by atoms with Gasteiger partial charge in [0.05, 0.1) is 33.1 Å². The molecule has 0 radical (unpaired) electrons. The van der Waals surface area contributed by atoms with E-state index in [1.165, 1.54) is 49.2 Å². The highest BCUT2D eigenvalue weighted by Gasteiger charge is 2.19. The van der Waals surface area contributed by atoms with Crippen LogP contribution in [0.15, 0.2) is 132 Å². The van der Waals surface area contributed by atoms with Gasteiger partial charge in [-0.05, 0) is 61.0 Å². The van der Waals surface area contributed by atoms with E-state index in [1.54, 1.807) is 0 Å². The number of hydrogen-bond acceptors (Lipinski definition) is 1. The minimum absolute atomic E-state index is 0.893. The predicted octanol–water partition coefficient (Wildman–Crippen LogP) is 10.1. The Morgan fingerprint density at radius 1 is 0.475 bits per heavy atom. The third-order valence-corrected chi connectivity index (χ3v) is 8.43. The quantitative estimate of drug-likeness (QED) is 0.226. The highest BCUT2D eigenvalue weighted by molar-refractivity contribution is 6.15. The molecule has 0 unspecified atom stereocenters.